The van der Waals surface area contributed by atoms with Crippen LogP contribution >= 0.6 is 11.3 Å². The number of carbonyl (C=O) groups excluding carboxylic acids is 1. The van der Waals surface area contributed by atoms with Crippen molar-refractivity contribution >= 4 is 22.2 Å². The molecule has 6 heteroatoms. The fraction of sp³-hybridized carbons (Fsp3) is 0.375. The fourth-order valence-electron chi connectivity index (χ4n) is 4.08. The van der Waals surface area contributed by atoms with Gasteiger partial charge in [0.1, 0.15) is 10.8 Å². The van der Waals surface area contributed by atoms with Gasteiger partial charge in [0.25, 0.3) is 5.91 Å². The molecule has 0 bridgehead atoms. The number of ether oxygens (including phenoxy) is 1. The van der Waals surface area contributed by atoms with Gasteiger partial charge in [0, 0.05) is 10.4 Å². The number of likely N-dealkylation sites (tertiary alicyclic amines) is 1. The molecule has 0 spiro atoms. The summed E-state index contributed by atoms with van der Waals surface area (Å²) >= 11 is 1.65. The molecule has 2 aromatic heterocycles. The van der Waals surface area contributed by atoms with E-state index in [1.54, 1.807) is 30.6 Å². The molecule has 1 amide bonds. The van der Waals surface area contributed by atoms with E-state index < -0.39 is 0 Å². The Kier molecular flexibility index (Phi) is 6.55. The number of nitrogens with one attached hydrogen (secondary N) is 1. The van der Waals surface area contributed by atoms with Crippen LogP contribution in [0.2, 0.25) is 0 Å². The molecule has 1 fully saturated rings. The number of amides is 1. The number of rotatable bonds is 7. The largest absolute Gasteiger partial charge is 0.497 e. The second-order valence-electron chi connectivity index (χ2n) is 7.56. The van der Waals surface area contributed by atoms with Crippen LogP contribution < -0.4 is 10.1 Å². The van der Waals surface area contributed by atoms with Crippen LogP contribution in [0.1, 0.15) is 58.8 Å². The number of anilines is 1. The average Bonchev–Trinajstić information content (AvgIpc) is 3.46. The predicted octanol–water partition coefficient (Wildman–Crippen LogP) is 5.74. The summed E-state index contributed by atoms with van der Waals surface area (Å²) in [5, 5.41) is 4.01. The van der Waals surface area contributed by atoms with Crippen LogP contribution in [0.3, 0.4) is 0 Å². The zero-order valence-corrected chi connectivity index (χ0v) is 18.3. The van der Waals surface area contributed by atoms with Gasteiger partial charge in [-0.15, -0.1) is 11.3 Å². The fourth-order valence-corrected chi connectivity index (χ4v) is 5.11. The highest BCUT2D eigenvalue weighted by atomic mass is 32.1. The van der Waals surface area contributed by atoms with Crippen molar-refractivity contribution in [3.63, 3.8) is 0 Å². The number of piperidine rings is 1. The van der Waals surface area contributed by atoms with Crippen molar-refractivity contribution in [1.82, 2.24) is 4.90 Å². The van der Waals surface area contributed by atoms with E-state index in [0.717, 1.165) is 35.8 Å². The highest BCUT2D eigenvalue weighted by Crippen LogP contribution is 2.41. The van der Waals surface area contributed by atoms with Crippen LogP contribution in [0.15, 0.2) is 53.1 Å². The third-order valence-corrected chi connectivity index (χ3v) is 6.80. The molecular weight excluding hydrogens is 396 g/mol. The van der Waals surface area contributed by atoms with Crippen molar-refractivity contribution in [1.29, 1.82) is 0 Å². The Balaban J connectivity index is 1.75. The zero-order chi connectivity index (χ0) is 20.9. The van der Waals surface area contributed by atoms with E-state index in [2.05, 4.69) is 35.3 Å². The summed E-state index contributed by atoms with van der Waals surface area (Å²) < 4.78 is 10.8. The Hall–Kier alpha value is -2.57. The molecule has 0 aliphatic carbocycles. The molecule has 30 heavy (non-hydrogen) atoms. The standard InChI is InChI=1S/C24H28N2O3S/c1-3-19-16-20(24(30-19)25-23(27)21-11-8-14-29-21)22(26-12-5-4-6-13-26)17-9-7-10-18(15-17)28-2/h7-11,14-16,22H,3-6,12-13H2,1-2H3,(H,25,27)/t22-/m1/s1. The maximum absolute atomic E-state index is 12.7. The number of aryl methyl sites for hydroxylation is 1. The summed E-state index contributed by atoms with van der Waals surface area (Å²) in [6.07, 6.45) is 6.11. The van der Waals surface area contributed by atoms with Crippen molar-refractivity contribution in [3.8, 4) is 5.75 Å². The number of nitrogens with zero attached hydrogens (tertiary/aromatic N) is 1. The molecule has 1 aliphatic heterocycles. The van der Waals surface area contributed by atoms with E-state index in [1.165, 1.54) is 36.0 Å². The molecule has 1 atom stereocenters. The van der Waals surface area contributed by atoms with E-state index in [9.17, 15) is 4.79 Å². The van der Waals surface area contributed by atoms with Gasteiger partial charge in [0.05, 0.1) is 19.4 Å². The smallest absolute Gasteiger partial charge is 0.291 e. The Morgan fingerprint density at radius 2 is 2.03 bits per heavy atom. The van der Waals surface area contributed by atoms with Gasteiger partial charge in [-0.1, -0.05) is 25.5 Å². The molecular formula is C24H28N2O3S. The van der Waals surface area contributed by atoms with Crippen LogP contribution in [0.4, 0.5) is 5.00 Å². The summed E-state index contributed by atoms with van der Waals surface area (Å²) in [5.74, 6) is 0.957. The molecule has 1 aromatic carbocycles. The summed E-state index contributed by atoms with van der Waals surface area (Å²) in [6, 6.07) is 14.0. The van der Waals surface area contributed by atoms with E-state index in [0.29, 0.717) is 5.76 Å². The first kappa shape index (κ1) is 20.7. The molecule has 3 heterocycles. The summed E-state index contributed by atoms with van der Waals surface area (Å²) in [7, 11) is 1.70. The monoisotopic (exact) mass is 424 g/mol. The van der Waals surface area contributed by atoms with Gasteiger partial charge in [0.15, 0.2) is 5.76 Å². The number of thiophene rings is 1. The summed E-state index contributed by atoms with van der Waals surface area (Å²) in [5.41, 5.74) is 2.33. The molecule has 5 nitrogen and oxygen atoms in total. The first-order valence-corrected chi connectivity index (χ1v) is 11.4. The average molecular weight is 425 g/mol. The molecule has 0 saturated carbocycles. The molecule has 1 saturated heterocycles. The maximum atomic E-state index is 12.7. The normalized spacial score (nSPS) is 15.7. The van der Waals surface area contributed by atoms with Crippen LogP contribution in [-0.2, 0) is 6.42 Å². The molecule has 1 aliphatic rings. The second-order valence-corrected chi connectivity index (χ2v) is 8.69. The Labute approximate surface area is 181 Å². The van der Waals surface area contributed by atoms with Gasteiger partial charge in [0.2, 0.25) is 0 Å². The molecule has 3 aromatic rings. The summed E-state index contributed by atoms with van der Waals surface area (Å²) in [6.45, 7) is 4.24. The number of benzene rings is 1. The second kappa shape index (κ2) is 9.49. The Morgan fingerprint density at radius 3 is 2.73 bits per heavy atom. The SMILES string of the molecule is CCc1cc([C@@H](c2cccc(OC)c2)N2CCCCC2)c(NC(=O)c2ccco2)s1. The Morgan fingerprint density at radius 1 is 1.20 bits per heavy atom. The molecule has 158 valence electrons. The van der Waals surface area contributed by atoms with Crippen LogP contribution in [0.5, 0.6) is 5.75 Å². The maximum Gasteiger partial charge on any atom is 0.291 e. The highest BCUT2D eigenvalue weighted by molar-refractivity contribution is 7.16. The lowest BCUT2D eigenvalue weighted by Crippen LogP contribution is -2.34. The number of carbonyl (C=O) groups is 1. The van der Waals surface area contributed by atoms with Crippen LogP contribution in [0.25, 0.3) is 0 Å². The van der Waals surface area contributed by atoms with E-state index in [4.69, 9.17) is 9.15 Å². The predicted molar refractivity (Wildman–Crippen MR) is 121 cm³/mol. The van der Waals surface area contributed by atoms with Gasteiger partial charge < -0.3 is 14.5 Å². The third kappa shape index (κ3) is 4.45. The van der Waals surface area contributed by atoms with Crippen LogP contribution in [0, 0.1) is 0 Å². The highest BCUT2D eigenvalue weighted by Gasteiger charge is 2.29. The number of furan rings is 1. The quantitative estimate of drug-likeness (QED) is 0.525. The van der Waals surface area contributed by atoms with E-state index >= 15 is 0 Å². The van der Waals surface area contributed by atoms with Gasteiger partial charge in [-0.2, -0.15) is 0 Å². The van der Waals surface area contributed by atoms with Gasteiger partial charge in [-0.25, -0.2) is 0 Å². The van der Waals surface area contributed by atoms with Crippen molar-refractivity contribution in [2.24, 2.45) is 0 Å². The minimum absolute atomic E-state index is 0.0730. The van der Waals surface area contributed by atoms with Gasteiger partial charge >= 0.3 is 0 Å². The molecule has 0 radical (unpaired) electrons. The number of hydrogen-bond donors (Lipinski definition) is 1. The number of methoxy groups -OCH3 is 1. The molecule has 1 N–H and O–H groups in total. The lowest BCUT2D eigenvalue weighted by atomic mass is 9.95. The van der Waals surface area contributed by atoms with E-state index in [-0.39, 0.29) is 11.9 Å². The van der Waals surface area contributed by atoms with E-state index in [1.807, 2.05) is 12.1 Å². The van der Waals surface area contributed by atoms with Crippen molar-refractivity contribution in [3.05, 3.63) is 70.5 Å². The number of hydrogen-bond acceptors (Lipinski definition) is 5. The third-order valence-electron chi connectivity index (χ3n) is 5.59. The molecule has 4 rings (SSSR count). The van der Waals surface area contributed by atoms with Crippen LogP contribution in [-0.4, -0.2) is 31.0 Å². The topological polar surface area (TPSA) is 54.7 Å². The first-order valence-electron chi connectivity index (χ1n) is 10.5. The van der Waals surface area contributed by atoms with Crippen molar-refractivity contribution in [2.45, 2.75) is 38.6 Å². The lowest BCUT2D eigenvalue weighted by molar-refractivity contribution is 0.0996. The lowest BCUT2D eigenvalue weighted by Gasteiger charge is -2.35. The zero-order valence-electron chi connectivity index (χ0n) is 17.5. The van der Waals surface area contributed by atoms with Crippen molar-refractivity contribution in [2.75, 3.05) is 25.5 Å². The van der Waals surface area contributed by atoms with Gasteiger partial charge in [-0.05, 0) is 68.2 Å². The summed E-state index contributed by atoms with van der Waals surface area (Å²) in [4.78, 5) is 16.5. The van der Waals surface area contributed by atoms with Gasteiger partial charge in [-0.3, -0.25) is 9.69 Å². The first-order chi connectivity index (χ1) is 14.7. The van der Waals surface area contributed by atoms with Crippen molar-refractivity contribution < 1.29 is 13.9 Å². The Bertz CT molecular complexity index is 974. The minimum Gasteiger partial charge on any atom is -0.497 e. The molecule has 0 unspecified atom stereocenters. The minimum atomic E-state index is -0.214.